The van der Waals surface area contributed by atoms with Crippen LogP contribution in [0.4, 0.5) is 10.5 Å². The third-order valence-electron chi connectivity index (χ3n) is 6.31. The minimum atomic E-state index is -1.33. The Balaban J connectivity index is 1.77. The van der Waals surface area contributed by atoms with E-state index in [9.17, 15) is 14.7 Å². The Bertz CT molecular complexity index is 1090. The number of carbonyl (C=O) groups excluding carboxylic acids is 2. The van der Waals surface area contributed by atoms with E-state index in [1.807, 2.05) is 24.3 Å². The van der Waals surface area contributed by atoms with Gasteiger partial charge in [-0.1, -0.05) is 24.8 Å². The first-order chi connectivity index (χ1) is 16.4. The van der Waals surface area contributed by atoms with E-state index in [1.165, 1.54) is 32.4 Å². The predicted molar refractivity (Wildman–Crippen MR) is 125 cm³/mol. The summed E-state index contributed by atoms with van der Waals surface area (Å²) in [6.45, 7) is 3.91. The fraction of sp³-hybridized carbons (Fsp3) is 0.360. The zero-order valence-corrected chi connectivity index (χ0v) is 19.4. The summed E-state index contributed by atoms with van der Waals surface area (Å²) in [4.78, 5) is 29.5. The summed E-state index contributed by atoms with van der Waals surface area (Å²) < 4.78 is 21.3. The normalized spacial score (nSPS) is 21.3. The van der Waals surface area contributed by atoms with Crippen molar-refractivity contribution in [2.24, 2.45) is 0 Å². The third kappa shape index (κ3) is 4.03. The van der Waals surface area contributed by atoms with Gasteiger partial charge < -0.3 is 29.0 Å². The first-order valence-corrected chi connectivity index (χ1v) is 10.9. The van der Waals surface area contributed by atoms with Gasteiger partial charge in [-0.2, -0.15) is 0 Å². The third-order valence-corrected chi connectivity index (χ3v) is 6.31. The van der Waals surface area contributed by atoms with Crippen LogP contribution in [0.5, 0.6) is 17.2 Å². The molecule has 34 heavy (non-hydrogen) atoms. The fourth-order valence-electron chi connectivity index (χ4n) is 4.61. The summed E-state index contributed by atoms with van der Waals surface area (Å²) in [5.74, 6) is 1.06. The highest BCUT2D eigenvalue weighted by atomic mass is 16.6. The maximum absolute atomic E-state index is 13.7. The largest absolute Gasteiger partial charge is 0.497 e. The predicted octanol–water partition coefficient (Wildman–Crippen LogP) is 3.17. The molecule has 2 aliphatic heterocycles. The van der Waals surface area contributed by atoms with E-state index in [4.69, 9.17) is 18.9 Å². The molecule has 0 spiro atoms. The molecule has 2 aromatic carbocycles. The molecule has 4 rings (SSSR count). The number of fused-ring (bicyclic) bond motifs is 2. The van der Waals surface area contributed by atoms with E-state index in [-0.39, 0.29) is 29.7 Å². The van der Waals surface area contributed by atoms with E-state index in [1.54, 1.807) is 12.0 Å². The maximum Gasteiger partial charge on any atom is 0.416 e. The van der Waals surface area contributed by atoms with Crippen LogP contribution in [0.25, 0.3) is 0 Å². The van der Waals surface area contributed by atoms with Crippen molar-refractivity contribution >= 4 is 17.7 Å². The van der Waals surface area contributed by atoms with E-state index < -0.39 is 18.4 Å². The summed E-state index contributed by atoms with van der Waals surface area (Å²) in [6.07, 6.45) is -0.218. The number of anilines is 1. The minimum absolute atomic E-state index is 0.0257. The summed E-state index contributed by atoms with van der Waals surface area (Å²) in [5.41, 5.74) is 1.42. The number of ether oxygens (including phenoxy) is 4. The fourth-order valence-corrected chi connectivity index (χ4v) is 4.61. The Kier molecular flexibility index (Phi) is 6.65. The van der Waals surface area contributed by atoms with Gasteiger partial charge in [-0.05, 0) is 30.2 Å². The standard InChI is InChI=1S/C25H28N2O7/c1-5-10-34-25(30)27-19-13-22(33-4)21(32-3)12-18(19)23(28)26-14-16(11-20(26)24(27)29)15-6-8-17(31-2)9-7-15/h5-9,12-13,16,20,24,29H,1,10-11,14H2,2-4H3/t16-,20-,24-/m0/s1. The summed E-state index contributed by atoms with van der Waals surface area (Å²) in [7, 11) is 4.52. The number of rotatable bonds is 6. The van der Waals surface area contributed by atoms with Crippen molar-refractivity contribution in [1.29, 1.82) is 0 Å². The number of amides is 2. The molecule has 0 unspecified atom stereocenters. The molecule has 0 radical (unpaired) electrons. The number of aliphatic hydroxyl groups excluding tert-OH is 1. The Hall–Kier alpha value is -3.72. The number of carbonyl (C=O) groups is 2. The number of hydrogen-bond acceptors (Lipinski definition) is 7. The molecule has 0 aromatic heterocycles. The second-order valence-corrected chi connectivity index (χ2v) is 8.10. The number of hydrogen-bond donors (Lipinski definition) is 1. The van der Waals surface area contributed by atoms with E-state index in [0.29, 0.717) is 24.5 Å². The van der Waals surface area contributed by atoms with E-state index in [2.05, 4.69) is 6.58 Å². The number of aliphatic hydroxyl groups is 1. The average Bonchev–Trinajstić information content (AvgIpc) is 3.29. The van der Waals surface area contributed by atoms with Crippen molar-refractivity contribution in [2.75, 3.05) is 39.4 Å². The van der Waals surface area contributed by atoms with Crippen LogP contribution < -0.4 is 19.1 Å². The van der Waals surface area contributed by atoms with Crippen molar-refractivity contribution in [1.82, 2.24) is 4.90 Å². The van der Waals surface area contributed by atoms with Crippen LogP contribution in [-0.4, -0.2) is 68.8 Å². The van der Waals surface area contributed by atoms with Crippen LogP contribution in [-0.2, 0) is 4.74 Å². The number of methoxy groups -OCH3 is 3. The van der Waals surface area contributed by atoms with Crippen molar-refractivity contribution in [3.8, 4) is 17.2 Å². The zero-order chi connectivity index (χ0) is 24.4. The quantitative estimate of drug-likeness (QED) is 0.651. The molecule has 0 aliphatic carbocycles. The smallest absolute Gasteiger partial charge is 0.416 e. The molecule has 0 bridgehead atoms. The minimum Gasteiger partial charge on any atom is -0.497 e. The summed E-state index contributed by atoms with van der Waals surface area (Å²) in [6, 6.07) is 10.0. The van der Waals surface area contributed by atoms with Gasteiger partial charge in [0, 0.05) is 18.5 Å². The van der Waals surface area contributed by atoms with Crippen LogP contribution >= 0.6 is 0 Å². The molecule has 2 aliphatic rings. The van der Waals surface area contributed by atoms with Gasteiger partial charge in [0.25, 0.3) is 5.91 Å². The van der Waals surface area contributed by atoms with Gasteiger partial charge in [-0.3, -0.25) is 4.79 Å². The van der Waals surface area contributed by atoms with Crippen LogP contribution in [0.15, 0.2) is 49.1 Å². The molecule has 1 saturated heterocycles. The van der Waals surface area contributed by atoms with Crippen LogP contribution in [0.2, 0.25) is 0 Å². The molecule has 0 saturated carbocycles. The average molecular weight is 469 g/mol. The SMILES string of the molecule is C=CCOC(=O)N1c2cc(OC)c(OC)cc2C(=O)N2C[C@@H](c3ccc(OC)cc3)C[C@H]2[C@@H]1O. The molecule has 9 heteroatoms. The van der Waals surface area contributed by atoms with E-state index >= 15 is 0 Å². The monoisotopic (exact) mass is 468 g/mol. The maximum atomic E-state index is 13.7. The molecule has 3 atom stereocenters. The van der Waals surface area contributed by atoms with Crippen LogP contribution in [0, 0.1) is 0 Å². The zero-order valence-electron chi connectivity index (χ0n) is 19.4. The second-order valence-electron chi connectivity index (χ2n) is 8.10. The molecule has 2 amide bonds. The van der Waals surface area contributed by atoms with Gasteiger partial charge in [0.15, 0.2) is 17.7 Å². The van der Waals surface area contributed by atoms with Gasteiger partial charge in [0.05, 0.1) is 38.6 Å². The van der Waals surface area contributed by atoms with Crippen molar-refractivity contribution in [3.63, 3.8) is 0 Å². The molecule has 2 aromatic rings. The molecule has 2 heterocycles. The van der Waals surface area contributed by atoms with Gasteiger partial charge in [-0.15, -0.1) is 0 Å². The van der Waals surface area contributed by atoms with Gasteiger partial charge in [-0.25, -0.2) is 9.69 Å². The molecular weight excluding hydrogens is 440 g/mol. The Labute approximate surface area is 198 Å². The highest BCUT2D eigenvalue weighted by molar-refractivity contribution is 6.06. The number of benzene rings is 2. The Morgan fingerprint density at radius 1 is 1.12 bits per heavy atom. The van der Waals surface area contributed by atoms with E-state index in [0.717, 1.165) is 16.2 Å². The topological polar surface area (TPSA) is 97.8 Å². The van der Waals surface area contributed by atoms with Gasteiger partial charge in [0.1, 0.15) is 12.4 Å². The lowest BCUT2D eigenvalue weighted by molar-refractivity contribution is 0.0496. The van der Waals surface area contributed by atoms with Crippen molar-refractivity contribution in [3.05, 3.63) is 60.2 Å². The van der Waals surface area contributed by atoms with Crippen LogP contribution in [0.3, 0.4) is 0 Å². The molecule has 9 nitrogen and oxygen atoms in total. The lowest BCUT2D eigenvalue weighted by Crippen LogP contribution is -2.50. The lowest BCUT2D eigenvalue weighted by atomic mass is 9.95. The number of nitrogens with zero attached hydrogens (tertiary/aromatic N) is 2. The summed E-state index contributed by atoms with van der Waals surface area (Å²) in [5, 5.41) is 11.4. The van der Waals surface area contributed by atoms with Crippen molar-refractivity contribution in [2.45, 2.75) is 24.6 Å². The first kappa shape index (κ1) is 23.4. The molecular formula is C25H28N2O7. The Morgan fingerprint density at radius 2 is 1.79 bits per heavy atom. The highest BCUT2D eigenvalue weighted by Crippen LogP contribution is 2.43. The highest BCUT2D eigenvalue weighted by Gasteiger charge is 2.48. The van der Waals surface area contributed by atoms with Crippen molar-refractivity contribution < 1.29 is 33.6 Å². The first-order valence-electron chi connectivity index (χ1n) is 10.9. The van der Waals surface area contributed by atoms with Crippen LogP contribution in [0.1, 0.15) is 28.3 Å². The molecule has 1 fully saturated rings. The summed E-state index contributed by atoms with van der Waals surface area (Å²) >= 11 is 0. The second kappa shape index (κ2) is 9.64. The van der Waals surface area contributed by atoms with Gasteiger partial charge >= 0.3 is 6.09 Å². The van der Waals surface area contributed by atoms with Gasteiger partial charge in [0.2, 0.25) is 0 Å². The Morgan fingerprint density at radius 3 is 2.41 bits per heavy atom. The molecule has 180 valence electrons. The lowest BCUT2D eigenvalue weighted by Gasteiger charge is -2.31. The molecule has 1 N–H and O–H groups in total.